The molecule has 5 nitrogen and oxygen atoms in total. The molecular weight excluding hydrogens is 354 g/mol. The number of halogens is 1. The molecule has 1 atom stereocenters. The number of piperidine rings is 1. The Bertz CT molecular complexity index is 643. The molecule has 2 aliphatic rings. The van der Waals surface area contributed by atoms with Gasteiger partial charge >= 0.3 is 0 Å². The fraction of sp³-hybridized carbons (Fsp3) is 0.650. The fourth-order valence-corrected chi connectivity index (χ4v) is 3.76. The molecule has 144 valence electrons. The molecule has 0 N–H and O–H groups in total. The van der Waals surface area contributed by atoms with Gasteiger partial charge in [0.1, 0.15) is 5.75 Å². The first-order valence-electron chi connectivity index (χ1n) is 9.39. The summed E-state index contributed by atoms with van der Waals surface area (Å²) in [4.78, 5) is 14.5. The Morgan fingerprint density at radius 1 is 1.35 bits per heavy atom. The zero-order valence-electron chi connectivity index (χ0n) is 15.8. The minimum Gasteiger partial charge on any atom is -0.483 e. The van der Waals surface area contributed by atoms with Gasteiger partial charge in [0.25, 0.3) is 5.91 Å². The van der Waals surface area contributed by atoms with Gasteiger partial charge in [-0.25, -0.2) is 0 Å². The summed E-state index contributed by atoms with van der Waals surface area (Å²) in [6.45, 7) is 8.89. The van der Waals surface area contributed by atoms with Gasteiger partial charge < -0.3 is 19.1 Å². The van der Waals surface area contributed by atoms with Crippen molar-refractivity contribution in [2.75, 3.05) is 32.9 Å². The van der Waals surface area contributed by atoms with Crippen LogP contribution in [0.1, 0.15) is 43.7 Å². The number of likely N-dealkylation sites (tertiary alicyclic amines) is 1. The SMILES string of the molecule is Cc1cc(OCC(=O)N2CCCC(C3OCCO3)C2)c(C(C)C)cc1Cl. The van der Waals surface area contributed by atoms with Gasteiger partial charge in [0, 0.05) is 24.0 Å². The minimum absolute atomic E-state index is 0.00926. The number of ether oxygens (including phenoxy) is 3. The molecule has 3 rings (SSSR count). The molecule has 0 aliphatic carbocycles. The van der Waals surface area contributed by atoms with Gasteiger partial charge in [0.05, 0.1) is 13.2 Å². The lowest BCUT2D eigenvalue weighted by Crippen LogP contribution is -2.45. The second-order valence-electron chi connectivity index (χ2n) is 7.43. The summed E-state index contributed by atoms with van der Waals surface area (Å²) >= 11 is 6.24. The van der Waals surface area contributed by atoms with Crippen LogP contribution in [0.3, 0.4) is 0 Å². The van der Waals surface area contributed by atoms with Gasteiger partial charge in [-0.3, -0.25) is 4.79 Å². The molecular formula is C20H28ClNO4. The molecule has 1 unspecified atom stereocenters. The highest BCUT2D eigenvalue weighted by atomic mass is 35.5. The van der Waals surface area contributed by atoms with Crippen LogP contribution in [0.25, 0.3) is 0 Å². The summed E-state index contributed by atoms with van der Waals surface area (Å²) in [6.07, 6.45) is 1.83. The maximum atomic E-state index is 12.7. The van der Waals surface area contributed by atoms with Crippen molar-refractivity contribution in [3.05, 3.63) is 28.3 Å². The number of amides is 1. The van der Waals surface area contributed by atoms with Gasteiger partial charge in [-0.15, -0.1) is 0 Å². The Morgan fingerprint density at radius 3 is 2.77 bits per heavy atom. The number of carbonyl (C=O) groups excluding carboxylic acids is 1. The van der Waals surface area contributed by atoms with E-state index in [-0.39, 0.29) is 30.6 Å². The van der Waals surface area contributed by atoms with Crippen LogP contribution in [0.5, 0.6) is 5.75 Å². The van der Waals surface area contributed by atoms with Crippen LogP contribution in [0.15, 0.2) is 12.1 Å². The largest absolute Gasteiger partial charge is 0.483 e. The molecule has 2 fully saturated rings. The lowest BCUT2D eigenvalue weighted by molar-refractivity contribution is -0.141. The second-order valence-corrected chi connectivity index (χ2v) is 7.84. The molecule has 1 aromatic carbocycles. The highest BCUT2D eigenvalue weighted by molar-refractivity contribution is 6.31. The molecule has 0 bridgehead atoms. The molecule has 0 aromatic heterocycles. The lowest BCUT2D eigenvalue weighted by atomic mass is 9.97. The van der Waals surface area contributed by atoms with Crippen molar-refractivity contribution in [1.29, 1.82) is 0 Å². The molecule has 0 spiro atoms. The number of rotatable bonds is 5. The summed E-state index contributed by atoms with van der Waals surface area (Å²) in [7, 11) is 0. The van der Waals surface area contributed by atoms with Crippen LogP contribution in [-0.4, -0.2) is 50.0 Å². The van der Waals surface area contributed by atoms with Crippen LogP contribution in [-0.2, 0) is 14.3 Å². The Hall–Kier alpha value is -1.30. The molecule has 1 aromatic rings. The molecule has 6 heteroatoms. The van der Waals surface area contributed by atoms with E-state index in [0.717, 1.165) is 41.3 Å². The van der Waals surface area contributed by atoms with Crippen molar-refractivity contribution in [2.45, 2.75) is 45.8 Å². The monoisotopic (exact) mass is 381 g/mol. The topological polar surface area (TPSA) is 48.0 Å². The number of carbonyl (C=O) groups is 1. The van der Waals surface area contributed by atoms with E-state index in [1.807, 2.05) is 24.0 Å². The standard InChI is InChI=1S/C20H28ClNO4/c1-13(2)16-10-17(21)14(3)9-18(16)26-12-19(23)22-6-4-5-15(11-22)20-24-7-8-25-20/h9-10,13,15,20H,4-8,11-12H2,1-3H3. The summed E-state index contributed by atoms with van der Waals surface area (Å²) in [5.74, 6) is 1.27. The lowest BCUT2D eigenvalue weighted by Gasteiger charge is -2.34. The van der Waals surface area contributed by atoms with Crippen LogP contribution in [0.4, 0.5) is 0 Å². The zero-order chi connectivity index (χ0) is 18.7. The van der Waals surface area contributed by atoms with Gasteiger partial charge in [-0.05, 0) is 48.9 Å². The first kappa shape index (κ1) is 19.5. The number of hydrogen-bond donors (Lipinski definition) is 0. The van der Waals surface area contributed by atoms with Gasteiger partial charge in [0.15, 0.2) is 12.9 Å². The molecule has 2 saturated heterocycles. The second kappa shape index (κ2) is 8.59. The Kier molecular flexibility index (Phi) is 6.43. The van der Waals surface area contributed by atoms with E-state index in [1.54, 1.807) is 0 Å². The number of hydrogen-bond acceptors (Lipinski definition) is 4. The van der Waals surface area contributed by atoms with Crippen molar-refractivity contribution in [3.63, 3.8) is 0 Å². The molecule has 0 radical (unpaired) electrons. The average Bonchev–Trinajstić information content (AvgIpc) is 3.16. The third kappa shape index (κ3) is 4.51. The third-order valence-corrected chi connectivity index (χ3v) is 5.51. The average molecular weight is 382 g/mol. The van der Waals surface area contributed by atoms with Crippen LogP contribution < -0.4 is 4.74 Å². The number of nitrogens with zero attached hydrogens (tertiary/aromatic N) is 1. The van der Waals surface area contributed by atoms with Crippen LogP contribution in [0, 0.1) is 12.8 Å². The van der Waals surface area contributed by atoms with Gasteiger partial charge in [-0.2, -0.15) is 0 Å². The predicted molar refractivity (Wildman–Crippen MR) is 101 cm³/mol. The van der Waals surface area contributed by atoms with E-state index in [4.69, 9.17) is 25.8 Å². The van der Waals surface area contributed by atoms with Crippen molar-refractivity contribution in [3.8, 4) is 5.75 Å². The molecule has 26 heavy (non-hydrogen) atoms. The molecule has 0 saturated carbocycles. The highest BCUT2D eigenvalue weighted by Gasteiger charge is 2.32. The van der Waals surface area contributed by atoms with Crippen molar-refractivity contribution in [2.24, 2.45) is 5.92 Å². The van der Waals surface area contributed by atoms with Crippen molar-refractivity contribution in [1.82, 2.24) is 4.90 Å². The first-order chi connectivity index (χ1) is 12.5. The smallest absolute Gasteiger partial charge is 0.260 e. The highest BCUT2D eigenvalue weighted by Crippen LogP contribution is 2.32. The maximum absolute atomic E-state index is 12.7. The van der Waals surface area contributed by atoms with E-state index in [2.05, 4.69) is 13.8 Å². The molecule has 1 amide bonds. The van der Waals surface area contributed by atoms with Crippen LogP contribution >= 0.6 is 11.6 Å². The van der Waals surface area contributed by atoms with E-state index >= 15 is 0 Å². The minimum atomic E-state index is -0.169. The summed E-state index contributed by atoms with van der Waals surface area (Å²) < 4.78 is 17.1. The van der Waals surface area contributed by atoms with E-state index < -0.39 is 0 Å². The third-order valence-electron chi connectivity index (χ3n) is 5.11. The molecule has 2 heterocycles. The van der Waals surface area contributed by atoms with Crippen molar-refractivity contribution < 1.29 is 19.0 Å². The predicted octanol–water partition coefficient (Wildman–Crippen LogP) is 3.76. The van der Waals surface area contributed by atoms with Gasteiger partial charge in [-0.1, -0.05) is 25.4 Å². The van der Waals surface area contributed by atoms with Crippen molar-refractivity contribution >= 4 is 17.5 Å². The Labute approximate surface area is 160 Å². The van der Waals surface area contributed by atoms with Crippen LogP contribution in [0.2, 0.25) is 5.02 Å². The quantitative estimate of drug-likeness (QED) is 0.779. The van der Waals surface area contributed by atoms with E-state index in [1.165, 1.54) is 0 Å². The van der Waals surface area contributed by atoms with E-state index in [0.29, 0.717) is 19.8 Å². The zero-order valence-corrected chi connectivity index (χ0v) is 16.6. The first-order valence-corrected chi connectivity index (χ1v) is 9.77. The van der Waals surface area contributed by atoms with E-state index in [9.17, 15) is 4.79 Å². The Balaban J connectivity index is 1.61. The van der Waals surface area contributed by atoms with Gasteiger partial charge in [0.2, 0.25) is 0 Å². The number of aryl methyl sites for hydroxylation is 1. The Morgan fingerprint density at radius 2 is 2.08 bits per heavy atom. The number of benzene rings is 1. The molecule has 2 aliphatic heterocycles. The maximum Gasteiger partial charge on any atom is 0.260 e. The summed E-state index contributed by atoms with van der Waals surface area (Å²) in [5, 5.41) is 0.725. The summed E-state index contributed by atoms with van der Waals surface area (Å²) in [5.41, 5.74) is 1.98. The fourth-order valence-electron chi connectivity index (χ4n) is 3.58. The summed E-state index contributed by atoms with van der Waals surface area (Å²) in [6, 6.07) is 3.86. The normalized spacial score (nSPS) is 21.4.